The second-order valence-electron chi connectivity index (χ2n) is 10.1. The molecule has 0 saturated carbocycles. The van der Waals surface area contributed by atoms with Crippen LogP contribution in [0.2, 0.25) is 0 Å². The number of nitrogens with one attached hydrogen (secondary N) is 3. The summed E-state index contributed by atoms with van der Waals surface area (Å²) in [5.74, 6) is 0.157. The van der Waals surface area contributed by atoms with Crippen molar-refractivity contribution in [1.82, 2.24) is 20.9 Å². The van der Waals surface area contributed by atoms with E-state index in [1.54, 1.807) is 24.2 Å². The Morgan fingerprint density at radius 1 is 1.09 bits per heavy atom. The van der Waals surface area contributed by atoms with E-state index in [1.165, 1.54) is 11.1 Å². The van der Waals surface area contributed by atoms with E-state index in [0.717, 1.165) is 29.0 Å². The predicted molar refractivity (Wildman–Crippen MR) is 130 cm³/mol. The first-order valence-electron chi connectivity index (χ1n) is 11.5. The standard InChI is InChI=1S/C26H30N4O2S/c1-15-6-8-16(9-7-15)14-33-25-29-23-22(24(32)30-25)20(17-5-4-10-27-13-17)21-18(28-23)11-26(2,3)12-19(21)31/h4-10,13,20,22-23,25,28-29H,11-12,14H2,1-3H3,(H,30,32). The first-order valence-corrected chi connectivity index (χ1v) is 12.5. The summed E-state index contributed by atoms with van der Waals surface area (Å²) in [6.07, 6.45) is 4.54. The molecule has 3 N–H and O–H groups in total. The van der Waals surface area contributed by atoms with E-state index < -0.39 is 5.92 Å². The number of hydrogen-bond acceptors (Lipinski definition) is 6. The zero-order chi connectivity index (χ0) is 23.2. The van der Waals surface area contributed by atoms with Gasteiger partial charge in [-0.15, -0.1) is 11.8 Å². The number of benzene rings is 1. The Morgan fingerprint density at radius 2 is 1.88 bits per heavy atom. The number of Topliss-reactive ketones (excluding diaryl/α,β-unsaturated/α-hetero) is 1. The minimum atomic E-state index is -0.422. The lowest BCUT2D eigenvalue weighted by Crippen LogP contribution is -2.68. The van der Waals surface area contributed by atoms with Gasteiger partial charge in [0.2, 0.25) is 5.91 Å². The lowest BCUT2D eigenvalue weighted by Gasteiger charge is -2.48. The Hall–Kier alpha value is -2.64. The van der Waals surface area contributed by atoms with Gasteiger partial charge in [-0.05, 0) is 36.0 Å². The minimum Gasteiger partial charge on any atom is -0.372 e. The van der Waals surface area contributed by atoms with Crippen LogP contribution in [0.15, 0.2) is 60.1 Å². The van der Waals surface area contributed by atoms with E-state index in [2.05, 4.69) is 66.0 Å². The monoisotopic (exact) mass is 462 g/mol. The molecule has 172 valence electrons. The van der Waals surface area contributed by atoms with Gasteiger partial charge in [-0.3, -0.25) is 19.9 Å². The molecule has 6 nitrogen and oxygen atoms in total. The lowest BCUT2D eigenvalue weighted by atomic mass is 9.66. The van der Waals surface area contributed by atoms with Crippen molar-refractivity contribution in [1.29, 1.82) is 0 Å². The van der Waals surface area contributed by atoms with Crippen molar-refractivity contribution >= 4 is 23.5 Å². The average Bonchev–Trinajstić information content (AvgIpc) is 2.77. The topological polar surface area (TPSA) is 83.1 Å². The molecule has 1 saturated heterocycles. The largest absolute Gasteiger partial charge is 0.372 e. The van der Waals surface area contributed by atoms with Crippen LogP contribution in [0, 0.1) is 18.3 Å². The van der Waals surface area contributed by atoms with Gasteiger partial charge >= 0.3 is 0 Å². The summed E-state index contributed by atoms with van der Waals surface area (Å²) in [5, 5.41) is 10.3. The Balaban J connectivity index is 1.43. The number of aryl methyl sites for hydroxylation is 1. The summed E-state index contributed by atoms with van der Waals surface area (Å²) in [7, 11) is 0. The molecule has 4 unspecified atom stereocenters. The van der Waals surface area contributed by atoms with Gasteiger partial charge in [0.1, 0.15) is 5.50 Å². The minimum absolute atomic E-state index is 0.0364. The number of carbonyl (C=O) groups is 2. The summed E-state index contributed by atoms with van der Waals surface area (Å²) >= 11 is 1.66. The first-order chi connectivity index (χ1) is 15.8. The van der Waals surface area contributed by atoms with E-state index in [4.69, 9.17) is 0 Å². The second-order valence-corrected chi connectivity index (χ2v) is 11.2. The van der Waals surface area contributed by atoms with Crippen LogP contribution in [-0.2, 0) is 15.3 Å². The van der Waals surface area contributed by atoms with Gasteiger partial charge in [-0.1, -0.05) is 49.7 Å². The summed E-state index contributed by atoms with van der Waals surface area (Å²) in [5.41, 5.74) is 4.78. The fraction of sp³-hybridized carbons (Fsp3) is 0.423. The fourth-order valence-electron chi connectivity index (χ4n) is 5.24. The number of rotatable bonds is 4. The highest BCUT2D eigenvalue weighted by atomic mass is 32.2. The molecular weight excluding hydrogens is 432 g/mol. The lowest BCUT2D eigenvalue weighted by molar-refractivity contribution is -0.130. The molecule has 4 atom stereocenters. The molecule has 0 radical (unpaired) electrons. The van der Waals surface area contributed by atoms with E-state index in [-0.39, 0.29) is 34.7 Å². The van der Waals surface area contributed by atoms with Crippen molar-refractivity contribution in [2.24, 2.45) is 11.3 Å². The van der Waals surface area contributed by atoms with Crippen LogP contribution in [0.4, 0.5) is 0 Å². The van der Waals surface area contributed by atoms with Gasteiger partial charge in [0, 0.05) is 41.8 Å². The smallest absolute Gasteiger partial charge is 0.229 e. The maximum absolute atomic E-state index is 13.4. The third-order valence-electron chi connectivity index (χ3n) is 6.77. The van der Waals surface area contributed by atoms with Crippen molar-refractivity contribution in [2.45, 2.75) is 56.9 Å². The molecule has 0 spiro atoms. The van der Waals surface area contributed by atoms with Gasteiger partial charge in [0.05, 0.1) is 12.1 Å². The fourth-order valence-corrected chi connectivity index (χ4v) is 6.23. The third-order valence-corrected chi connectivity index (χ3v) is 7.85. The summed E-state index contributed by atoms with van der Waals surface area (Å²) in [6, 6.07) is 12.3. The molecular formula is C26H30N4O2S. The Labute approximate surface area is 199 Å². The molecule has 33 heavy (non-hydrogen) atoms. The summed E-state index contributed by atoms with van der Waals surface area (Å²) in [6.45, 7) is 6.33. The molecule has 3 heterocycles. The number of fused-ring (bicyclic) bond motifs is 1. The van der Waals surface area contributed by atoms with Crippen LogP contribution in [0.1, 0.15) is 49.3 Å². The van der Waals surface area contributed by atoms with Crippen LogP contribution in [0.5, 0.6) is 0 Å². The highest BCUT2D eigenvalue weighted by molar-refractivity contribution is 7.99. The van der Waals surface area contributed by atoms with E-state index in [0.29, 0.717) is 6.42 Å². The van der Waals surface area contributed by atoms with Crippen LogP contribution < -0.4 is 16.0 Å². The maximum atomic E-state index is 13.4. The van der Waals surface area contributed by atoms with Crippen molar-refractivity contribution in [3.05, 3.63) is 76.8 Å². The van der Waals surface area contributed by atoms with Crippen LogP contribution in [0.3, 0.4) is 0 Å². The number of hydrogen-bond donors (Lipinski definition) is 3. The number of thioether (sulfide) groups is 1. The number of nitrogens with zero attached hydrogens (tertiary/aromatic N) is 1. The number of ketones is 1. The first kappa shape index (κ1) is 22.2. The van der Waals surface area contributed by atoms with E-state index in [9.17, 15) is 9.59 Å². The molecule has 7 heteroatoms. The molecule has 3 aliphatic rings. The maximum Gasteiger partial charge on any atom is 0.229 e. The van der Waals surface area contributed by atoms with Gasteiger partial charge in [-0.25, -0.2) is 0 Å². The number of allylic oxidation sites excluding steroid dienone is 2. The van der Waals surface area contributed by atoms with Crippen molar-refractivity contribution in [3.8, 4) is 0 Å². The van der Waals surface area contributed by atoms with Crippen molar-refractivity contribution in [3.63, 3.8) is 0 Å². The second kappa shape index (κ2) is 8.61. The zero-order valence-electron chi connectivity index (χ0n) is 19.2. The van der Waals surface area contributed by atoms with Crippen molar-refractivity contribution in [2.75, 3.05) is 0 Å². The molecule has 0 bridgehead atoms. The number of amides is 1. The van der Waals surface area contributed by atoms with Crippen LogP contribution >= 0.6 is 11.8 Å². The SMILES string of the molecule is Cc1ccc(CSC2NC(=O)C3C(NC4=C(C(=O)CC(C)(C)C4)C3c3cccnc3)N2)cc1. The van der Waals surface area contributed by atoms with Gasteiger partial charge < -0.3 is 10.6 Å². The predicted octanol–water partition coefficient (Wildman–Crippen LogP) is 3.60. The zero-order valence-corrected chi connectivity index (χ0v) is 20.0. The van der Waals surface area contributed by atoms with Gasteiger partial charge in [0.25, 0.3) is 0 Å². The molecule has 1 aromatic carbocycles. The quantitative estimate of drug-likeness (QED) is 0.644. The molecule has 2 aliphatic heterocycles. The normalized spacial score (nSPS) is 28.5. The molecule has 1 amide bonds. The summed E-state index contributed by atoms with van der Waals surface area (Å²) in [4.78, 5) is 31.0. The number of carbonyl (C=O) groups excluding carboxylic acids is 2. The Morgan fingerprint density at radius 3 is 2.61 bits per heavy atom. The van der Waals surface area contributed by atoms with Crippen molar-refractivity contribution < 1.29 is 9.59 Å². The van der Waals surface area contributed by atoms with Crippen LogP contribution in [-0.4, -0.2) is 28.3 Å². The molecule has 1 aromatic heterocycles. The highest BCUT2D eigenvalue weighted by Gasteiger charge is 2.50. The van der Waals surface area contributed by atoms with Crippen LogP contribution in [0.25, 0.3) is 0 Å². The Kier molecular flexibility index (Phi) is 5.79. The highest BCUT2D eigenvalue weighted by Crippen LogP contribution is 2.47. The molecule has 1 fully saturated rings. The van der Waals surface area contributed by atoms with E-state index >= 15 is 0 Å². The van der Waals surface area contributed by atoms with Gasteiger partial charge in [-0.2, -0.15) is 0 Å². The molecule has 2 aromatic rings. The number of aromatic nitrogens is 1. The number of pyridine rings is 1. The van der Waals surface area contributed by atoms with E-state index in [1.807, 2.05) is 12.1 Å². The molecule has 5 rings (SSSR count). The summed E-state index contributed by atoms with van der Waals surface area (Å²) < 4.78 is 0. The average molecular weight is 463 g/mol. The third kappa shape index (κ3) is 4.44. The molecule has 1 aliphatic carbocycles. The Bertz CT molecular complexity index is 1100. The van der Waals surface area contributed by atoms with Gasteiger partial charge in [0.15, 0.2) is 5.78 Å².